The molecule has 0 unspecified atom stereocenters. The molecule has 0 aliphatic carbocycles. The van der Waals surface area contributed by atoms with Crippen LogP contribution in [0.5, 0.6) is 0 Å². The van der Waals surface area contributed by atoms with Crippen LogP contribution >= 0.6 is 0 Å². The Kier molecular flexibility index (Phi) is 4.69. The lowest BCUT2D eigenvalue weighted by Crippen LogP contribution is -2.19. The molecule has 0 aliphatic heterocycles. The first kappa shape index (κ1) is 13.2. The van der Waals surface area contributed by atoms with Gasteiger partial charge in [-0.3, -0.25) is 9.59 Å². The molecule has 4 heteroatoms. The maximum absolute atomic E-state index is 11.3. The Hall–Kier alpha value is -1.84. The van der Waals surface area contributed by atoms with Crippen molar-refractivity contribution in [3.8, 4) is 0 Å². The van der Waals surface area contributed by atoms with Crippen LogP contribution in [-0.2, 0) is 6.42 Å². The number of primary amides is 2. The fourth-order valence-corrected chi connectivity index (χ4v) is 1.87. The average Bonchev–Trinajstić information content (AvgIpc) is 2.28. The first-order chi connectivity index (χ1) is 8.07. The van der Waals surface area contributed by atoms with Crippen LogP contribution in [0.25, 0.3) is 0 Å². The number of benzene rings is 1. The average molecular weight is 234 g/mol. The molecule has 1 rings (SSSR count). The maximum Gasteiger partial charge on any atom is 0.249 e. The van der Waals surface area contributed by atoms with E-state index in [1.807, 2.05) is 0 Å². The number of hydrogen-bond acceptors (Lipinski definition) is 2. The highest BCUT2D eigenvalue weighted by Crippen LogP contribution is 2.17. The van der Waals surface area contributed by atoms with E-state index in [1.165, 1.54) is 0 Å². The Morgan fingerprint density at radius 2 is 1.59 bits per heavy atom. The molecule has 0 saturated heterocycles. The molecule has 0 aromatic heterocycles. The van der Waals surface area contributed by atoms with Gasteiger partial charge in [0.1, 0.15) is 0 Å². The summed E-state index contributed by atoms with van der Waals surface area (Å²) in [6.07, 6.45) is 3.70. The van der Waals surface area contributed by atoms with E-state index in [2.05, 4.69) is 6.92 Å². The lowest BCUT2D eigenvalue weighted by atomic mass is 9.95. The van der Waals surface area contributed by atoms with Crippen molar-refractivity contribution in [3.63, 3.8) is 0 Å². The van der Waals surface area contributed by atoms with Crippen LogP contribution in [0.4, 0.5) is 0 Å². The van der Waals surface area contributed by atoms with E-state index in [9.17, 15) is 9.59 Å². The molecule has 0 saturated carbocycles. The SMILES string of the molecule is CCCCCc1c(C(N)=O)cccc1C(N)=O. The van der Waals surface area contributed by atoms with E-state index < -0.39 is 11.8 Å². The van der Waals surface area contributed by atoms with Gasteiger partial charge in [0.25, 0.3) is 0 Å². The molecule has 0 atom stereocenters. The van der Waals surface area contributed by atoms with Crippen LogP contribution in [0.2, 0.25) is 0 Å². The fraction of sp³-hybridized carbons (Fsp3) is 0.385. The normalized spacial score (nSPS) is 10.2. The number of carbonyl (C=O) groups is 2. The Bertz CT molecular complexity index is 395. The summed E-state index contributed by atoms with van der Waals surface area (Å²) in [5.41, 5.74) is 12.1. The van der Waals surface area contributed by atoms with Gasteiger partial charge in [-0.25, -0.2) is 0 Å². The third-order valence-electron chi connectivity index (χ3n) is 2.74. The molecular weight excluding hydrogens is 216 g/mol. The minimum absolute atomic E-state index is 0.400. The van der Waals surface area contributed by atoms with Crippen LogP contribution in [0.3, 0.4) is 0 Å². The molecule has 4 nitrogen and oxygen atoms in total. The van der Waals surface area contributed by atoms with Crippen molar-refractivity contribution in [3.05, 3.63) is 34.9 Å². The van der Waals surface area contributed by atoms with Crippen molar-refractivity contribution in [2.75, 3.05) is 0 Å². The highest BCUT2D eigenvalue weighted by molar-refractivity contribution is 6.00. The van der Waals surface area contributed by atoms with Crippen LogP contribution in [-0.4, -0.2) is 11.8 Å². The first-order valence-electron chi connectivity index (χ1n) is 5.79. The van der Waals surface area contributed by atoms with Gasteiger partial charge in [0.2, 0.25) is 11.8 Å². The summed E-state index contributed by atoms with van der Waals surface area (Å²) in [5, 5.41) is 0. The van der Waals surface area contributed by atoms with E-state index in [0.29, 0.717) is 23.1 Å². The summed E-state index contributed by atoms with van der Waals surface area (Å²) in [6, 6.07) is 4.90. The maximum atomic E-state index is 11.3. The molecule has 92 valence electrons. The largest absolute Gasteiger partial charge is 0.366 e. The van der Waals surface area contributed by atoms with Crippen LogP contribution in [0.1, 0.15) is 52.5 Å². The van der Waals surface area contributed by atoms with E-state index in [-0.39, 0.29) is 0 Å². The third-order valence-corrected chi connectivity index (χ3v) is 2.74. The molecule has 0 bridgehead atoms. The van der Waals surface area contributed by atoms with Crippen LogP contribution in [0, 0.1) is 0 Å². The molecule has 1 aromatic carbocycles. The van der Waals surface area contributed by atoms with Gasteiger partial charge in [-0.1, -0.05) is 25.8 Å². The summed E-state index contributed by atoms with van der Waals surface area (Å²) in [6.45, 7) is 2.09. The van der Waals surface area contributed by atoms with Gasteiger partial charge in [0.15, 0.2) is 0 Å². The number of nitrogens with two attached hydrogens (primary N) is 2. The Balaban J connectivity index is 3.10. The highest BCUT2D eigenvalue weighted by Gasteiger charge is 2.14. The molecule has 0 aliphatic rings. The van der Waals surface area contributed by atoms with Crippen LogP contribution in [0.15, 0.2) is 18.2 Å². The topological polar surface area (TPSA) is 86.2 Å². The van der Waals surface area contributed by atoms with Gasteiger partial charge < -0.3 is 11.5 Å². The van der Waals surface area contributed by atoms with Gasteiger partial charge in [0.05, 0.1) is 0 Å². The standard InChI is InChI=1S/C13H18N2O2/c1-2-3-4-6-9-10(12(14)16)7-5-8-11(9)13(15)17/h5,7-8H,2-4,6H2,1H3,(H2,14,16)(H2,15,17). The Morgan fingerprint density at radius 1 is 1.06 bits per heavy atom. The van der Waals surface area contributed by atoms with Crippen molar-refractivity contribution in [2.45, 2.75) is 32.6 Å². The second kappa shape index (κ2) is 6.03. The minimum atomic E-state index is -0.514. The van der Waals surface area contributed by atoms with Gasteiger partial charge in [-0.05, 0) is 30.5 Å². The zero-order valence-electron chi connectivity index (χ0n) is 10.0. The van der Waals surface area contributed by atoms with Crippen LogP contribution < -0.4 is 11.5 Å². The summed E-state index contributed by atoms with van der Waals surface area (Å²) in [4.78, 5) is 22.6. The molecule has 0 fully saturated rings. The summed E-state index contributed by atoms with van der Waals surface area (Å²) in [7, 11) is 0. The van der Waals surface area contributed by atoms with E-state index >= 15 is 0 Å². The molecule has 2 amide bonds. The predicted molar refractivity (Wildman–Crippen MR) is 66.7 cm³/mol. The minimum Gasteiger partial charge on any atom is -0.366 e. The first-order valence-corrected chi connectivity index (χ1v) is 5.79. The molecule has 4 N–H and O–H groups in total. The third kappa shape index (κ3) is 3.31. The molecule has 0 radical (unpaired) electrons. The molecule has 1 aromatic rings. The fourth-order valence-electron chi connectivity index (χ4n) is 1.87. The molecule has 17 heavy (non-hydrogen) atoms. The number of amides is 2. The predicted octanol–water partition coefficient (Wildman–Crippen LogP) is 1.62. The van der Waals surface area contributed by atoms with Crippen molar-refractivity contribution in [2.24, 2.45) is 11.5 Å². The zero-order valence-corrected chi connectivity index (χ0v) is 10.0. The molecular formula is C13H18N2O2. The Labute approximate surface area is 101 Å². The second-order valence-electron chi connectivity index (χ2n) is 4.02. The number of hydrogen-bond donors (Lipinski definition) is 2. The number of rotatable bonds is 6. The molecule has 0 spiro atoms. The summed E-state index contributed by atoms with van der Waals surface area (Å²) < 4.78 is 0. The number of carbonyl (C=O) groups excluding carboxylic acids is 2. The summed E-state index contributed by atoms with van der Waals surface area (Å²) in [5.74, 6) is -1.03. The highest BCUT2D eigenvalue weighted by atomic mass is 16.1. The lowest BCUT2D eigenvalue weighted by Gasteiger charge is -2.10. The lowest BCUT2D eigenvalue weighted by molar-refractivity contribution is 0.0999. The van der Waals surface area contributed by atoms with Crippen molar-refractivity contribution >= 4 is 11.8 Å². The monoisotopic (exact) mass is 234 g/mol. The van der Waals surface area contributed by atoms with Gasteiger partial charge >= 0.3 is 0 Å². The molecule has 0 heterocycles. The van der Waals surface area contributed by atoms with Gasteiger partial charge in [-0.2, -0.15) is 0 Å². The number of unbranched alkanes of at least 4 members (excludes halogenated alkanes) is 2. The zero-order chi connectivity index (χ0) is 12.8. The smallest absolute Gasteiger partial charge is 0.249 e. The van der Waals surface area contributed by atoms with E-state index in [4.69, 9.17) is 11.5 Å². The Morgan fingerprint density at radius 3 is 2.00 bits per heavy atom. The van der Waals surface area contributed by atoms with Gasteiger partial charge in [0, 0.05) is 11.1 Å². The quantitative estimate of drug-likeness (QED) is 0.733. The van der Waals surface area contributed by atoms with E-state index in [0.717, 1.165) is 19.3 Å². The van der Waals surface area contributed by atoms with Gasteiger partial charge in [-0.15, -0.1) is 0 Å². The van der Waals surface area contributed by atoms with Crippen molar-refractivity contribution in [1.29, 1.82) is 0 Å². The van der Waals surface area contributed by atoms with E-state index in [1.54, 1.807) is 18.2 Å². The second-order valence-corrected chi connectivity index (χ2v) is 4.02. The van der Waals surface area contributed by atoms with Crippen molar-refractivity contribution in [1.82, 2.24) is 0 Å². The van der Waals surface area contributed by atoms with Crippen molar-refractivity contribution < 1.29 is 9.59 Å². The summed E-state index contributed by atoms with van der Waals surface area (Å²) >= 11 is 0.